The number of pyridine rings is 1. The van der Waals surface area contributed by atoms with Crippen molar-refractivity contribution in [2.24, 2.45) is 0 Å². The molecule has 0 atom stereocenters. The molecule has 2 aliphatic heterocycles. The van der Waals surface area contributed by atoms with Crippen LogP contribution in [-0.2, 0) is 10.0 Å². The summed E-state index contributed by atoms with van der Waals surface area (Å²) in [5.41, 5.74) is 3.21. The largest absolute Gasteiger partial charge is 0.355 e. The number of benzene rings is 1. The minimum Gasteiger partial charge on any atom is -0.355 e. The first kappa shape index (κ1) is 24.3. The summed E-state index contributed by atoms with van der Waals surface area (Å²) < 4.78 is 27.8. The van der Waals surface area contributed by atoms with Gasteiger partial charge in [0, 0.05) is 49.9 Å². The van der Waals surface area contributed by atoms with Gasteiger partial charge in [-0.25, -0.2) is 13.4 Å². The molecule has 0 N–H and O–H groups in total. The number of hydrogen-bond acceptors (Lipinski definition) is 6. The van der Waals surface area contributed by atoms with E-state index in [-0.39, 0.29) is 10.8 Å². The lowest BCUT2D eigenvalue weighted by Crippen LogP contribution is -2.46. The zero-order chi connectivity index (χ0) is 25.1. The molecule has 1 aromatic carbocycles. The predicted molar refractivity (Wildman–Crippen MR) is 145 cm³/mol. The number of para-hydroxylation sites is 1. The van der Waals surface area contributed by atoms with Crippen LogP contribution in [0.3, 0.4) is 0 Å². The van der Waals surface area contributed by atoms with E-state index in [1.165, 1.54) is 0 Å². The zero-order valence-corrected chi connectivity index (χ0v) is 21.4. The third kappa shape index (κ3) is 4.83. The Bertz CT molecular complexity index is 1440. The van der Waals surface area contributed by atoms with E-state index in [9.17, 15) is 8.42 Å². The summed E-state index contributed by atoms with van der Waals surface area (Å²) in [4.78, 5) is 16.5. The molecule has 4 heterocycles. The fourth-order valence-corrected chi connectivity index (χ4v) is 6.39. The number of hydrogen-bond donors (Lipinski definition) is 0. The Morgan fingerprint density at radius 1 is 1.00 bits per heavy atom. The van der Waals surface area contributed by atoms with Crippen molar-refractivity contribution in [2.45, 2.75) is 32.1 Å². The molecule has 0 amide bonds. The second-order valence-electron chi connectivity index (χ2n) is 9.27. The van der Waals surface area contributed by atoms with E-state index in [2.05, 4.69) is 39.6 Å². The molecule has 0 bridgehead atoms. The molecular formula is C28H31N5O2S. The fourth-order valence-electron chi connectivity index (χ4n) is 4.81. The van der Waals surface area contributed by atoms with Crippen LogP contribution in [-0.4, -0.2) is 53.9 Å². The fraction of sp³-hybridized carbons (Fsp3) is 0.321. The lowest BCUT2D eigenvalue weighted by Gasteiger charge is -2.40. The number of allylic oxidation sites excluding steroid dienone is 4. The zero-order valence-electron chi connectivity index (χ0n) is 20.5. The molecule has 0 saturated carbocycles. The van der Waals surface area contributed by atoms with Crippen LogP contribution in [0.5, 0.6) is 0 Å². The minimum atomic E-state index is -3.51. The van der Waals surface area contributed by atoms with Crippen LogP contribution < -0.4 is 4.90 Å². The van der Waals surface area contributed by atoms with Gasteiger partial charge in [-0.05, 0) is 49.6 Å². The first-order valence-corrected chi connectivity index (χ1v) is 13.9. The molecule has 36 heavy (non-hydrogen) atoms. The number of anilines is 1. The van der Waals surface area contributed by atoms with Crippen molar-refractivity contribution in [1.82, 2.24) is 19.3 Å². The van der Waals surface area contributed by atoms with Crippen molar-refractivity contribution in [2.75, 3.05) is 31.1 Å². The molecule has 0 aliphatic carbocycles. The molecule has 2 aromatic heterocycles. The van der Waals surface area contributed by atoms with Gasteiger partial charge < -0.3 is 4.90 Å². The Hall–Kier alpha value is -3.36. The van der Waals surface area contributed by atoms with Gasteiger partial charge >= 0.3 is 0 Å². The van der Waals surface area contributed by atoms with E-state index >= 15 is 0 Å². The molecule has 5 rings (SSSR count). The van der Waals surface area contributed by atoms with Gasteiger partial charge in [0.15, 0.2) is 0 Å². The van der Waals surface area contributed by atoms with Crippen LogP contribution in [0, 0.1) is 0 Å². The van der Waals surface area contributed by atoms with Gasteiger partial charge in [0.25, 0.3) is 0 Å². The number of sulfonamides is 1. The molecular weight excluding hydrogens is 470 g/mol. The van der Waals surface area contributed by atoms with Crippen molar-refractivity contribution in [3.8, 4) is 0 Å². The molecule has 7 nitrogen and oxygen atoms in total. The highest BCUT2D eigenvalue weighted by Gasteiger charge is 2.32. The Labute approximate surface area is 213 Å². The number of aromatic nitrogens is 3. The van der Waals surface area contributed by atoms with E-state index in [0.717, 1.165) is 54.8 Å². The van der Waals surface area contributed by atoms with Crippen LogP contribution in [0.1, 0.15) is 43.5 Å². The number of nitrogens with zero attached hydrogens (tertiary/aromatic N) is 5. The molecule has 186 valence electrons. The maximum absolute atomic E-state index is 13.1. The molecule has 0 unspecified atom stereocenters. The maximum Gasteiger partial charge on any atom is 0.242 e. The summed E-state index contributed by atoms with van der Waals surface area (Å²) in [7, 11) is -3.51. The second kappa shape index (κ2) is 10.3. The average Bonchev–Trinajstić information content (AvgIpc) is 2.88. The summed E-state index contributed by atoms with van der Waals surface area (Å²) in [5, 5.41) is 1.13. The highest BCUT2D eigenvalue weighted by Crippen LogP contribution is 2.33. The lowest BCUT2D eigenvalue weighted by molar-refractivity contribution is 0.350. The van der Waals surface area contributed by atoms with E-state index < -0.39 is 10.0 Å². The molecule has 0 radical (unpaired) electrons. The first-order chi connectivity index (χ1) is 17.5. The summed E-state index contributed by atoms with van der Waals surface area (Å²) in [6, 6.07) is 12.3. The van der Waals surface area contributed by atoms with E-state index in [0.29, 0.717) is 24.4 Å². The Morgan fingerprint density at radius 3 is 2.53 bits per heavy atom. The Kier molecular flexibility index (Phi) is 6.98. The van der Waals surface area contributed by atoms with Crippen molar-refractivity contribution in [1.29, 1.82) is 0 Å². The maximum atomic E-state index is 13.1. The molecule has 3 aromatic rings. The van der Waals surface area contributed by atoms with Crippen LogP contribution in [0.4, 0.5) is 5.82 Å². The lowest BCUT2D eigenvalue weighted by atomic mass is 9.92. The molecule has 8 heteroatoms. The van der Waals surface area contributed by atoms with Crippen LogP contribution in [0.15, 0.2) is 78.5 Å². The Balaban J connectivity index is 1.30. The summed E-state index contributed by atoms with van der Waals surface area (Å²) in [6.07, 6.45) is 11.3. The van der Waals surface area contributed by atoms with Crippen molar-refractivity contribution in [3.05, 3.63) is 89.9 Å². The van der Waals surface area contributed by atoms with Crippen LogP contribution >= 0.6 is 0 Å². The number of fused-ring (bicyclic) bond motifs is 1. The summed E-state index contributed by atoms with van der Waals surface area (Å²) in [6.45, 7) is 8.67. The first-order valence-electron chi connectivity index (χ1n) is 12.4. The highest BCUT2D eigenvalue weighted by atomic mass is 32.2. The second-order valence-corrected chi connectivity index (χ2v) is 11.2. The highest BCUT2D eigenvalue weighted by molar-refractivity contribution is 7.93. The van der Waals surface area contributed by atoms with E-state index in [4.69, 9.17) is 4.98 Å². The summed E-state index contributed by atoms with van der Waals surface area (Å²) in [5.74, 6) is 1.15. The van der Waals surface area contributed by atoms with Gasteiger partial charge in [0.05, 0.1) is 21.8 Å². The third-order valence-electron chi connectivity index (χ3n) is 6.89. The molecule has 2 fully saturated rings. The normalized spacial score (nSPS) is 18.0. The molecule has 0 spiro atoms. The van der Waals surface area contributed by atoms with E-state index in [1.807, 2.05) is 18.2 Å². The molecule has 2 aliphatic rings. The van der Waals surface area contributed by atoms with Gasteiger partial charge in [-0.1, -0.05) is 43.4 Å². The van der Waals surface area contributed by atoms with Crippen molar-refractivity contribution < 1.29 is 8.42 Å². The smallest absolute Gasteiger partial charge is 0.242 e. The third-order valence-corrected chi connectivity index (χ3v) is 8.91. The van der Waals surface area contributed by atoms with Gasteiger partial charge in [-0.15, -0.1) is 0 Å². The SMILES string of the molecule is C=C(/C=C\C(=C/C)S(=O)(=O)N1CCCCC1)c1nccnc1C1CN(c2ccc3ccccc3n2)C1. The van der Waals surface area contributed by atoms with Gasteiger partial charge in [0.1, 0.15) is 5.82 Å². The number of piperidine rings is 1. The van der Waals surface area contributed by atoms with E-state index in [1.54, 1.807) is 41.9 Å². The standard InChI is InChI=1S/C28H31N5O2S/c1-3-24(36(34,35)33-17-7-4-8-18-33)13-11-21(2)27-28(30-16-15-29-27)23-19-32(20-23)26-14-12-22-9-5-6-10-25(22)31-26/h3,5-6,9-16,23H,2,4,7-8,17-20H2,1H3/b13-11-,24-3+. The monoisotopic (exact) mass is 501 g/mol. The van der Waals surface area contributed by atoms with Gasteiger partial charge in [-0.3, -0.25) is 9.97 Å². The minimum absolute atomic E-state index is 0.199. The van der Waals surface area contributed by atoms with Gasteiger partial charge in [-0.2, -0.15) is 4.31 Å². The quantitative estimate of drug-likeness (QED) is 0.428. The average molecular weight is 502 g/mol. The van der Waals surface area contributed by atoms with Crippen molar-refractivity contribution >= 4 is 32.3 Å². The van der Waals surface area contributed by atoms with Crippen LogP contribution in [0.2, 0.25) is 0 Å². The van der Waals surface area contributed by atoms with Crippen molar-refractivity contribution in [3.63, 3.8) is 0 Å². The van der Waals surface area contributed by atoms with Gasteiger partial charge in [0.2, 0.25) is 10.0 Å². The Morgan fingerprint density at radius 2 is 1.75 bits per heavy atom. The predicted octanol–water partition coefficient (Wildman–Crippen LogP) is 4.92. The number of rotatable bonds is 7. The summed E-state index contributed by atoms with van der Waals surface area (Å²) >= 11 is 0. The molecule has 2 saturated heterocycles. The van der Waals surface area contributed by atoms with Crippen LogP contribution in [0.25, 0.3) is 16.5 Å². The topological polar surface area (TPSA) is 79.3 Å².